The van der Waals surface area contributed by atoms with Gasteiger partial charge >= 0.3 is 5.97 Å². The highest BCUT2D eigenvalue weighted by Crippen LogP contribution is 2.48. The number of ether oxygens (including phenoxy) is 6. The summed E-state index contributed by atoms with van der Waals surface area (Å²) >= 11 is 0. The molecule has 6 rings (SSSR count). The van der Waals surface area contributed by atoms with Crippen molar-refractivity contribution in [1.29, 1.82) is 0 Å². The summed E-state index contributed by atoms with van der Waals surface area (Å²) in [5, 5.41) is 0. The van der Waals surface area contributed by atoms with Gasteiger partial charge in [-0.1, -0.05) is 31.0 Å². The van der Waals surface area contributed by atoms with Gasteiger partial charge in [0.2, 0.25) is 0 Å². The lowest BCUT2D eigenvalue weighted by atomic mass is 9.94. The molecule has 174 valence electrons. The molecule has 0 radical (unpaired) electrons. The van der Waals surface area contributed by atoms with Crippen molar-refractivity contribution >= 4 is 5.97 Å². The molecule has 0 unspecified atom stereocenters. The molecule has 5 atom stereocenters. The van der Waals surface area contributed by atoms with E-state index in [4.69, 9.17) is 28.4 Å². The average Bonchev–Trinajstić information content (AvgIpc) is 3.48. The first-order chi connectivity index (χ1) is 15.7. The molecule has 0 N–H and O–H groups in total. The first-order valence-electron chi connectivity index (χ1n) is 12.2. The summed E-state index contributed by atoms with van der Waals surface area (Å²) in [4.78, 5) is 13.0. The molecule has 2 spiro atoms. The number of fused-ring (bicyclic) bond motifs is 1. The maximum atomic E-state index is 13.0. The summed E-state index contributed by atoms with van der Waals surface area (Å²) < 4.78 is 37.8. The predicted octanol–water partition coefficient (Wildman–Crippen LogP) is 4.09. The summed E-state index contributed by atoms with van der Waals surface area (Å²) in [5.74, 6) is -1.53. The molecule has 2 saturated carbocycles. The molecule has 3 saturated heterocycles. The summed E-state index contributed by atoms with van der Waals surface area (Å²) in [6.45, 7) is 0.425. The zero-order valence-electron chi connectivity index (χ0n) is 18.4. The summed E-state index contributed by atoms with van der Waals surface area (Å²) in [5.41, 5.74) is 0.508. The zero-order valence-corrected chi connectivity index (χ0v) is 18.4. The monoisotopic (exact) mass is 444 g/mol. The number of benzene rings is 1. The van der Waals surface area contributed by atoms with Gasteiger partial charge in [-0.05, 0) is 37.8 Å². The molecule has 0 amide bonds. The molecule has 1 aromatic rings. The van der Waals surface area contributed by atoms with Crippen LogP contribution in [0.2, 0.25) is 0 Å². The quantitative estimate of drug-likeness (QED) is 0.650. The van der Waals surface area contributed by atoms with Crippen LogP contribution >= 0.6 is 0 Å². The second-order valence-corrected chi connectivity index (χ2v) is 9.82. The Balaban J connectivity index is 1.22. The van der Waals surface area contributed by atoms with Crippen LogP contribution in [0.1, 0.15) is 74.6 Å². The van der Waals surface area contributed by atoms with Crippen LogP contribution in [-0.4, -0.2) is 54.9 Å². The molecule has 0 aromatic heterocycles. The predicted molar refractivity (Wildman–Crippen MR) is 113 cm³/mol. The second-order valence-electron chi connectivity index (χ2n) is 9.82. The van der Waals surface area contributed by atoms with E-state index < -0.39 is 36.2 Å². The van der Waals surface area contributed by atoms with Crippen LogP contribution < -0.4 is 0 Å². The maximum Gasteiger partial charge on any atom is 0.338 e. The molecule has 7 heteroatoms. The van der Waals surface area contributed by atoms with E-state index in [1.54, 1.807) is 12.1 Å². The Morgan fingerprint density at radius 3 is 2.22 bits per heavy atom. The molecular weight excluding hydrogens is 412 g/mol. The van der Waals surface area contributed by atoms with Gasteiger partial charge in [0, 0.05) is 25.7 Å². The summed E-state index contributed by atoms with van der Waals surface area (Å²) in [6.07, 6.45) is 7.80. The summed E-state index contributed by atoms with van der Waals surface area (Å²) in [7, 11) is 0. The van der Waals surface area contributed by atoms with Gasteiger partial charge in [-0.2, -0.15) is 0 Å². The highest BCUT2D eigenvalue weighted by atomic mass is 16.9. The second kappa shape index (κ2) is 8.37. The highest BCUT2D eigenvalue weighted by Gasteiger charge is 2.62. The lowest BCUT2D eigenvalue weighted by Crippen LogP contribution is -2.46. The minimum Gasteiger partial charge on any atom is -0.453 e. The fourth-order valence-corrected chi connectivity index (χ4v) is 5.97. The minimum atomic E-state index is -0.617. The third-order valence-corrected chi connectivity index (χ3v) is 7.62. The lowest BCUT2D eigenvalue weighted by molar-refractivity contribution is -0.259. The number of hydrogen-bond donors (Lipinski definition) is 0. The first kappa shape index (κ1) is 21.1. The first-order valence-corrected chi connectivity index (χ1v) is 12.2. The Labute approximate surface area is 188 Å². The maximum absolute atomic E-state index is 13.0. The van der Waals surface area contributed by atoms with E-state index in [1.807, 2.05) is 18.2 Å². The third-order valence-electron chi connectivity index (χ3n) is 7.62. The van der Waals surface area contributed by atoms with Crippen molar-refractivity contribution in [2.24, 2.45) is 0 Å². The van der Waals surface area contributed by atoms with Gasteiger partial charge in [-0.3, -0.25) is 0 Å². The van der Waals surface area contributed by atoms with Crippen LogP contribution in [0.5, 0.6) is 0 Å². The zero-order chi connectivity index (χ0) is 21.6. The van der Waals surface area contributed by atoms with Gasteiger partial charge in [0.05, 0.1) is 12.2 Å². The van der Waals surface area contributed by atoms with Crippen LogP contribution in [0.15, 0.2) is 30.3 Å². The van der Waals surface area contributed by atoms with E-state index >= 15 is 0 Å². The molecule has 1 aromatic carbocycles. The van der Waals surface area contributed by atoms with Crippen molar-refractivity contribution in [1.82, 2.24) is 0 Å². The number of esters is 1. The van der Waals surface area contributed by atoms with Gasteiger partial charge in [0.25, 0.3) is 0 Å². The van der Waals surface area contributed by atoms with Crippen molar-refractivity contribution in [2.75, 3.05) is 6.61 Å². The number of rotatable bonds is 3. The third kappa shape index (κ3) is 3.78. The van der Waals surface area contributed by atoms with Crippen LogP contribution in [0, 0.1) is 0 Å². The molecule has 5 fully saturated rings. The smallest absolute Gasteiger partial charge is 0.338 e. The topological polar surface area (TPSA) is 72.5 Å². The fraction of sp³-hybridized carbons (Fsp3) is 0.720. The van der Waals surface area contributed by atoms with E-state index in [0.717, 1.165) is 51.4 Å². The van der Waals surface area contributed by atoms with Crippen LogP contribution in [-0.2, 0) is 28.4 Å². The van der Waals surface area contributed by atoms with Crippen LogP contribution in [0.3, 0.4) is 0 Å². The minimum absolute atomic E-state index is 0.318. The van der Waals surface area contributed by atoms with E-state index in [9.17, 15) is 4.79 Å². The largest absolute Gasteiger partial charge is 0.453 e. The molecule has 32 heavy (non-hydrogen) atoms. The number of hydrogen-bond acceptors (Lipinski definition) is 7. The standard InChI is InChI=1S/C25H32O7/c26-22(17-10-4-1-5-11-17)28-20-19(18-16-27-24(30-18)12-6-2-7-13-24)29-23-21(20)31-25(32-23)14-8-3-9-15-25/h1,4-5,10-11,18-21,23H,2-3,6-9,12-16H2/t18-,19+,20+,21+,23-/m0/s1. The molecule has 3 heterocycles. The Kier molecular flexibility index (Phi) is 5.50. The SMILES string of the molecule is O=C(O[C@H]1[C@H]2OC3(CCCCC3)O[C@@H]2O[C@@H]1[C@@H]1COC2(CCCCC2)O1)c1ccccc1. The van der Waals surface area contributed by atoms with Gasteiger partial charge in [-0.25, -0.2) is 4.79 Å². The van der Waals surface area contributed by atoms with Crippen LogP contribution in [0.25, 0.3) is 0 Å². The molecule has 0 bridgehead atoms. The fourth-order valence-electron chi connectivity index (χ4n) is 5.97. The Hall–Kier alpha value is -1.51. The molecule has 2 aliphatic carbocycles. The Morgan fingerprint density at radius 2 is 1.50 bits per heavy atom. The Bertz CT molecular complexity index is 815. The molecule has 5 aliphatic rings. The van der Waals surface area contributed by atoms with Crippen LogP contribution in [0.4, 0.5) is 0 Å². The molecule has 7 nitrogen and oxygen atoms in total. The Morgan fingerprint density at radius 1 is 0.812 bits per heavy atom. The lowest BCUT2D eigenvalue weighted by Gasteiger charge is -2.35. The van der Waals surface area contributed by atoms with E-state index in [1.165, 1.54) is 12.8 Å². The molecular formula is C25H32O7. The normalized spacial score (nSPS) is 37.6. The van der Waals surface area contributed by atoms with Gasteiger partial charge < -0.3 is 28.4 Å². The average molecular weight is 445 g/mol. The van der Waals surface area contributed by atoms with Crippen molar-refractivity contribution in [3.63, 3.8) is 0 Å². The molecule has 3 aliphatic heterocycles. The van der Waals surface area contributed by atoms with E-state index in [2.05, 4.69) is 0 Å². The summed E-state index contributed by atoms with van der Waals surface area (Å²) in [6, 6.07) is 9.04. The number of carbonyl (C=O) groups is 1. The number of carbonyl (C=O) groups excluding carboxylic acids is 1. The van der Waals surface area contributed by atoms with Gasteiger partial charge in [-0.15, -0.1) is 0 Å². The van der Waals surface area contributed by atoms with Crippen molar-refractivity contribution in [2.45, 2.75) is 106 Å². The van der Waals surface area contributed by atoms with Crippen molar-refractivity contribution in [3.8, 4) is 0 Å². The van der Waals surface area contributed by atoms with E-state index in [-0.39, 0.29) is 12.1 Å². The van der Waals surface area contributed by atoms with Gasteiger partial charge in [0.1, 0.15) is 12.2 Å². The van der Waals surface area contributed by atoms with Crippen molar-refractivity contribution in [3.05, 3.63) is 35.9 Å². The highest BCUT2D eigenvalue weighted by molar-refractivity contribution is 5.89. The van der Waals surface area contributed by atoms with Gasteiger partial charge in [0.15, 0.2) is 30.1 Å². The van der Waals surface area contributed by atoms with Crippen molar-refractivity contribution < 1.29 is 33.2 Å². The van der Waals surface area contributed by atoms with E-state index in [0.29, 0.717) is 12.2 Å².